The van der Waals surface area contributed by atoms with Crippen LogP contribution in [-0.2, 0) is 6.54 Å². The Hall–Kier alpha value is -2.67. The molecule has 2 aromatic carbocycles. The summed E-state index contributed by atoms with van der Waals surface area (Å²) in [5, 5.41) is 12.5. The zero-order valence-electron chi connectivity index (χ0n) is 12.2. The highest BCUT2D eigenvalue weighted by Crippen LogP contribution is 2.28. The molecule has 0 bridgehead atoms. The van der Waals surface area contributed by atoms with Crippen molar-refractivity contribution in [2.45, 2.75) is 13.5 Å². The molecule has 0 radical (unpaired) electrons. The molecule has 0 unspecified atom stereocenters. The van der Waals surface area contributed by atoms with Crippen molar-refractivity contribution < 1.29 is 9.47 Å². The molecule has 0 fully saturated rings. The Morgan fingerprint density at radius 2 is 2.00 bits per heavy atom. The first-order valence-corrected chi connectivity index (χ1v) is 6.81. The molecule has 2 rings (SSSR count). The predicted molar refractivity (Wildman–Crippen MR) is 82.6 cm³/mol. The minimum atomic E-state index is 0.565. The molecule has 0 aliphatic heterocycles. The summed E-state index contributed by atoms with van der Waals surface area (Å²) in [6.07, 6.45) is 0. The Bertz CT molecular complexity index is 647. The molecule has 108 valence electrons. The first-order chi connectivity index (χ1) is 10.3. The van der Waals surface area contributed by atoms with E-state index in [1.807, 2.05) is 37.3 Å². The van der Waals surface area contributed by atoms with Crippen LogP contribution in [0.3, 0.4) is 0 Å². The van der Waals surface area contributed by atoms with Crippen molar-refractivity contribution in [2.24, 2.45) is 0 Å². The van der Waals surface area contributed by atoms with Crippen molar-refractivity contribution in [3.8, 4) is 17.6 Å². The smallest absolute Gasteiger partial charge is 0.143 e. The maximum atomic E-state index is 9.18. The highest BCUT2D eigenvalue weighted by atomic mass is 16.5. The number of para-hydroxylation sites is 1. The van der Waals surface area contributed by atoms with Gasteiger partial charge in [-0.2, -0.15) is 5.26 Å². The lowest BCUT2D eigenvalue weighted by Gasteiger charge is -2.13. The van der Waals surface area contributed by atoms with E-state index < -0.39 is 0 Å². The van der Waals surface area contributed by atoms with Crippen LogP contribution in [0, 0.1) is 11.3 Å². The van der Waals surface area contributed by atoms with Gasteiger partial charge < -0.3 is 14.8 Å². The van der Waals surface area contributed by atoms with Gasteiger partial charge in [0.2, 0.25) is 0 Å². The fourth-order valence-corrected chi connectivity index (χ4v) is 2.08. The normalized spacial score (nSPS) is 9.76. The van der Waals surface area contributed by atoms with E-state index in [1.165, 1.54) is 0 Å². The molecular formula is C17H18N2O2. The summed E-state index contributed by atoms with van der Waals surface area (Å²) in [6.45, 7) is 3.19. The molecular weight excluding hydrogens is 264 g/mol. The molecule has 2 aromatic rings. The van der Waals surface area contributed by atoms with Gasteiger partial charge in [-0.25, -0.2) is 0 Å². The summed E-state index contributed by atoms with van der Waals surface area (Å²) in [7, 11) is 1.59. The molecule has 0 aliphatic rings. The lowest BCUT2D eigenvalue weighted by atomic mass is 10.1. The highest BCUT2D eigenvalue weighted by Gasteiger charge is 2.08. The van der Waals surface area contributed by atoms with Crippen molar-refractivity contribution in [3.63, 3.8) is 0 Å². The van der Waals surface area contributed by atoms with Crippen LogP contribution in [0.15, 0.2) is 42.5 Å². The van der Waals surface area contributed by atoms with Crippen molar-refractivity contribution in [1.29, 1.82) is 5.26 Å². The maximum absolute atomic E-state index is 9.18. The molecule has 0 aromatic heterocycles. The third kappa shape index (κ3) is 3.67. The van der Waals surface area contributed by atoms with Crippen LogP contribution in [0.25, 0.3) is 0 Å². The van der Waals surface area contributed by atoms with Crippen LogP contribution in [-0.4, -0.2) is 13.7 Å². The van der Waals surface area contributed by atoms with Crippen LogP contribution >= 0.6 is 0 Å². The lowest BCUT2D eigenvalue weighted by molar-refractivity contribution is 0.340. The molecule has 4 heteroatoms. The summed E-state index contributed by atoms with van der Waals surface area (Å²) < 4.78 is 10.8. The second kappa shape index (κ2) is 7.20. The number of nitrogens with one attached hydrogen (secondary N) is 1. The molecule has 0 saturated carbocycles. The number of methoxy groups -OCH3 is 1. The van der Waals surface area contributed by atoms with Crippen molar-refractivity contribution >= 4 is 5.69 Å². The Morgan fingerprint density at radius 3 is 2.71 bits per heavy atom. The minimum Gasteiger partial charge on any atom is -0.495 e. The van der Waals surface area contributed by atoms with E-state index in [-0.39, 0.29) is 0 Å². The first-order valence-electron chi connectivity index (χ1n) is 6.81. The zero-order valence-corrected chi connectivity index (χ0v) is 12.2. The third-order valence-corrected chi connectivity index (χ3v) is 3.05. The van der Waals surface area contributed by atoms with Crippen molar-refractivity contribution in [3.05, 3.63) is 53.6 Å². The molecule has 0 amide bonds. The van der Waals surface area contributed by atoms with Gasteiger partial charge in [-0.05, 0) is 36.8 Å². The van der Waals surface area contributed by atoms with Gasteiger partial charge in [0.15, 0.2) is 0 Å². The number of rotatable bonds is 6. The Kier molecular flexibility index (Phi) is 5.05. The van der Waals surface area contributed by atoms with E-state index >= 15 is 0 Å². The van der Waals surface area contributed by atoms with Gasteiger partial charge in [-0.15, -0.1) is 0 Å². The van der Waals surface area contributed by atoms with E-state index in [1.54, 1.807) is 19.2 Å². The number of anilines is 1. The monoisotopic (exact) mass is 282 g/mol. The Balaban J connectivity index is 2.16. The fraction of sp³-hybridized carbons (Fsp3) is 0.235. The second-order valence-corrected chi connectivity index (χ2v) is 4.43. The van der Waals surface area contributed by atoms with E-state index in [9.17, 15) is 5.26 Å². The Labute approximate surface area is 124 Å². The van der Waals surface area contributed by atoms with Gasteiger partial charge >= 0.3 is 0 Å². The summed E-state index contributed by atoms with van der Waals surface area (Å²) in [6, 6.07) is 15.4. The van der Waals surface area contributed by atoms with Crippen LogP contribution < -0.4 is 14.8 Å². The SMILES string of the molecule is CCOc1cccc(CNc2c(C#N)cccc2OC)c1. The van der Waals surface area contributed by atoms with Crippen LogP contribution in [0.4, 0.5) is 5.69 Å². The number of ether oxygens (including phenoxy) is 2. The van der Waals surface area contributed by atoms with Gasteiger partial charge in [-0.1, -0.05) is 18.2 Å². The standard InChI is InChI=1S/C17H18N2O2/c1-3-21-15-8-4-6-13(10-15)12-19-17-14(11-18)7-5-9-16(17)20-2/h4-10,19H,3,12H2,1-2H3. The predicted octanol–water partition coefficient (Wildman–Crippen LogP) is 3.58. The molecule has 4 nitrogen and oxygen atoms in total. The maximum Gasteiger partial charge on any atom is 0.143 e. The molecule has 0 atom stereocenters. The summed E-state index contributed by atoms with van der Waals surface area (Å²) in [4.78, 5) is 0. The average molecular weight is 282 g/mol. The van der Waals surface area contributed by atoms with Crippen LogP contribution in [0.2, 0.25) is 0 Å². The molecule has 21 heavy (non-hydrogen) atoms. The quantitative estimate of drug-likeness (QED) is 0.880. The molecule has 0 spiro atoms. The number of benzene rings is 2. The van der Waals surface area contributed by atoms with Crippen molar-refractivity contribution in [1.82, 2.24) is 0 Å². The Morgan fingerprint density at radius 1 is 1.19 bits per heavy atom. The molecule has 0 saturated heterocycles. The zero-order chi connectivity index (χ0) is 15.1. The van der Waals surface area contributed by atoms with Gasteiger partial charge in [0.25, 0.3) is 0 Å². The van der Waals surface area contributed by atoms with Crippen LogP contribution in [0.1, 0.15) is 18.1 Å². The number of hydrogen-bond acceptors (Lipinski definition) is 4. The third-order valence-electron chi connectivity index (χ3n) is 3.05. The highest BCUT2D eigenvalue weighted by molar-refractivity contribution is 5.66. The largest absolute Gasteiger partial charge is 0.495 e. The summed E-state index contributed by atoms with van der Waals surface area (Å²) in [5.74, 6) is 1.51. The fourth-order valence-electron chi connectivity index (χ4n) is 2.08. The summed E-state index contributed by atoms with van der Waals surface area (Å²) >= 11 is 0. The van der Waals surface area contributed by atoms with Gasteiger partial charge in [0.1, 0.15) is 17.6 Å². The topological polar surface area (TPSA) is 54.3 Å². The van der Waals surface area contributed by atoms with E-state index in [0.717, 1.165) is 11.3 Å². The molecule has 0 aliphatic carbocycles. The summed E-state index contributed by atoms with van der Waals surface area (Å²) in [5.41, 5.74) is 2.36. The van der Waals surface area contributed by atoms with E-state index in [0.29, 0.717) is 30.2 Å². The van der Waals surface area contributed by atoms with Crippen molar-refractivity contribution in [2.75, 3.05) is 19.0 Å². The minimum absolute atomic E-state index is 0.565. The number of nitrogens with zero attached hydrogens (tertiary/aromatic N) is 1. The first kappa shape index (κ1) is 14.7. The molecule has 1 N–H and O–H groups in total. The van der Waals surface area contributed by atoms with E-state index in [4.69, 9.17) is 9.47 Å². The average Bonchev–Trinajstić information content (AvgIpc) is 2.53. The van der Waals surface area contributed by atoms with Gasteiger partial charge in [-0.3, -0.25) is 0 Å². The van der Waals surface area contributed by atoms with E-state index in [2.05, 4.69) is 11.4 Å². The second-order valence-electron chi connectivity index (χ2n) is 4.43. The number of hydrogen-bond donors (Lipinski definition) is 1. The van der Waals surface area contributed by atoms with Crippen LogP contribution in [0.5, 0.6) is 11.5 Å². The van der Waals surface area contributed by atoms with Gasteiger partial charge in [0.05, 0.1) is 25.0 Å². The van der Waals surface area contributed by atoms with Gasteiger partial charge in [0, 0.05) is 6.54 Å². The lowest BCUT2D eigenvalue weighted by Crippen LogP contribution is -2.04. The molecule has 0 heterocycles. The number of nitriles is 1.